The molecule has 22 heavy (non-hydrogen) atoms. The van der Waals surface area contributed by atoms with Gasteiger partial charge in [-0.05, 0) is 33.0 Å². The molecule has 0 radical (unpaired) electrons. The number of fused-ring (bicyclic) bond motifs is 7. The van der Waals surface area contributed by atoms with E-state index in [1.54, 1.807) is 0 Å². The third-order valence-electron chi connectivity index (χ3n) is 4.54. The van der Waals surface area contributed by atoms with Crippen LogP contribution in [0.5, 0.6) is 0 Å². The minimum absolute atomic E-state index is 0.709. The van der Waals surface area contributed by atoms with E-state index in [-0.39, 0.29) is 0 Å². The maximum atomic E-state index is 5.91. The van der Waals surface area contributed by atoms with E-state index < -0.39 is 0 Å². The van der Waals surface area contributed by atoms with Crippen LogP contribution in [0.2, 0.25) is 0 Å². The van der Waals surface area contributed by atoms with Crippen LogP contribution < -0.4 is 5.73 Å². The Bertz CT molecular complexity index is 1180. The van der Waals surface area contributed by atoms with E-state index in [1.807, 2.05) is 6.07 Å². The molecule has 0 amide bonds. The molecule has 0 aliphatic heterocycles. The molecule has 3 N–H and O–H groups in total. The van der Waals surface area contributed by atoms with Gasteiger partial charge in [-0.15, -0.1) is 0 Å². The number of nitrogens with one attached hydrogen (secondary N) is 1. The highest BCUT2D eigenvalue weighted by Crippen LogP contribution is 2.34. The molecule has 5 rings (SSSR count). The molecule has 2 nitrogen and oxygen atoms in total. The average molecular weight is 282 g/mol. The van der Waals surface area contributed by atoms with Crippen molar-refractivity contribution in [3.05, 3.63) is 66.7 Å². The van der Waals surface area contributed by atoms with Crippen molar-refractivity contribution >= 4 is 49.0 Å². The second-order valence-corrected chi connectivity index (χ2v) is 5.80. The molecule has 104 valence electrons. The molecule has 0 saturated heterocycles. The highest BCUT2D eigenvalue weighted by atomic mass is 14.8. The van der Waals surface area contributed by atoms with Crippen LogP contribution in [0.3, 0.4) is 0 Å². The summed E-state index contributed by atoms with van der Waals surface area (Å²) in [5, 5.41) is 8.79. The van der Waals surface area contributed by atoms with Crippen LogP contribution in [-0.2, 0) is 0 Å². The van der Waals surface area contributed by atoms with Crippen LogP contribution in [0.1, 0.15) is 0 Å². The number of anilines is 1. The summed E-state index contributed by atoms with van der Waals surface area (Å²) in [5.41, 5.74) is 7.03. The van der Waals surface area contributed by atoms with E-state index in [4.69, 9.17) is 5.73 Å². The summed E-state index contributed by atoms with van der Waals surface area (Å²) >= 11 is 0. The Morgan fingerprint density at radius 3 is 2.14 bits per heavy atom. The van der Waals surface area contributed by atoms with Crippen LogP contribution >= 0.6 is 0 Å². The molecule has 1 aromatic heterocycles. The van der Waals surface area contributed by atoms with Crippen LogP contribution in [0, 0.1) is 0 Å². The summed E-state index contributed by atoms with van der Waals surface area (Å²) in [5.74, 6) is 0.709. The van der Waals surface area contributed by atoms with Crippen molar-refractivity contribution in [3.8, 4) is 0 Å². The minimum atomic E-state index is 0.709. The zero-order valence-electron chi connectivity index (χ0n) is 11.9. The smallest absolute Gasteiger partial charge is 0.101 e. The van der Waals surface area contributed by atoms with Gasteiger partial charge in [-0.1, -0.05) is 60.7 Å². The number of H-pyrrole nitrogens is 1. The first-order valence-electron chi connectivity index (χ1n) is 7.43. The molecule has 0 fully saturated rings. The van der Waals surface area contributed by atoms with Gasteiger partial charge < -0.3 is 10.7 Å². The molecule has 0 aliphatic rings. The van der Waals surface area contributed by atoms with Crippen molar-refractivity contribution in [2.45, 2.75) is 0 Å². The molecular weight excluding hydrogens is 268 g/mol. The summed E-state index contributed by atoms with van der Waals surface area (Å²) in [6.07, 6.45) is 0. The van der Waals surface area contributed by atoms with Gasteiger partial charge in [0.25, 0.3) is 0 Å². The number of nitrogen functional groups attached to an aromatic ring is 1. The maximum absolute atomic E-state index is 5.91. The summed E-state index contributed by atoms with van der Waals surface area (Å²) < 4.78 is 0. The van der Waals surface area contributed by atoms with Gasteiger partial charge in [0.1, 0.15) is 5.82 Å². The van der Waals surface area contributed by atoms with Crippen LogP contribution in [0.4, 0.5) is 5.82 Å². The van der Waals surface area contributed by atoms with Crippen molar-refractivity contribution in [2.24, 2.45) is 0 Å². The number of nitrogens with two attached hydrogens (primary N) is 1. The summed E-state index contributed by atoms with van der Waals surface area (Å²) in [6, 6.07) is 23.7. The third-order valence-corrected chi connectivity index (χ3v) is 4.54. The molecule has 0 saturated carbocycles. The van der Waals surface area contributed by atoms with Gasteiger partial charge in [0, 0.05) is 10.8 Å². The quantitative estimate of drug-likeness (QED) is 0.376. The predicted octanol–water partition coefficient (Wildman–Crippen LogP) is 5.21. The monoisotopic (exact) mass is 282 g/mol. The van der Waals surface area contributed by atoms with Crippen LogP contribution in [0.25, 0.3) is 43.2 Å². The normalized spacial score (nSPS) is 11.8. The minimum Gasteiger partial charge on any atom is -0.385 e. The molecule has 4 aromatic carbocycles. The van der Waals surface area contributed by atoms with Crippen LogP contribution in [-0.4, -0.2) is 4.98 Å². The highest BCUT2D eigenvalue weighted by Gasteiger charge is 2.08. The number of aromatic nitrogens is 1. The largest absolute Gasteiger partial charge is 0.385 e. The lowest BCUT2D eigenvalue weighted by molar-refractivity contribution is 1.49. The number of hydrogen-bond donors (Lipinski definition) is 2. The SMILES string of the molecule is Nc1cc2ccc3c4ccc5ccccc5c4ccc3c2[nH]1. The Balaban J connectivity index is 2.03. The van der Waals surface area contributed by atoms with Crippen molar-refractivity contribution in [3.63, 3.8) is 0 Å². The van der Waals surface area contributed by atoms with Gasteiger partial charge in [-0.25, -0.2) is 0 Å². The zero-order valence-corrected chi connectivity index (χ0v) is 11.9. The molecule has 5 aromatic rings. The van der Waals surface area contributed by atoms with Crippen LogP contribution in [0.15, 0.2) is 66.7 Å². The van der Waals surface area contributed by atoms with Crippen molar-refractivity contribution < 1.29 is 0 Å². The number of benzene rings is 4. The standard InChI is InChI=1S/C20H14N2/c21-19-11-13-6-8-17-16-7-5-12-3-1-2-4-14(12)15(16)9-10-18(17)20(13)22-19/h1-11,22H,21H2. The van der Waals surface area contributed by atoms with Crippen molar-refractivity contribution in [2.75, 3.05) is 5.73 Å². The Morgan fingerprint density at radius 1 is 0.591 bits per heavy atom. The molecule has 0 unspecified atom stereocenters. The Hall–Kier alpha value is -3.00. The fourth-order valence-corrected chi connectivity index (χ4v) is 3.53. The predicted molar refractivity (Wildman–Crippen MR) is 95.2 cm³/mol. The summed E-state index contributed by atoms with van der Waals surface area (Å²) in [4.78, 5) is 3.28. The summed E-state index contributed by atoms with van der Waals surface area (Å²) in [6.45, 7) is 0. The first kappa shape index (κ1) is 11.6. The highest BCUT2D eigenvalue weighted by molar-refractivity contribution is 6.21. The van der Waals surface area contributed by atoms with E-state index in [9.17, 15) is 0 Å². The van der Waals surface area contributed by atoms with Gasteiger partial charge in [0.15, 0.2) is 0 Å². The van der Waals surface area contributed by atoms with E-state index in [2.05, 4.69) is 65.6 Å². The molecule has 0 atom stereocenters. The number of hydrogen-bond acceptors (Lipinski definition) is 1. The van der Waals surface area contributed by atoms with Gasteiger partial charge in [-0.2, -0.15) is 0 Å². The molecule has 0 bridgehead atoms. The molecule has 0 aliphatic carbocycles. The second-order valence-electron chi connectivity index (χ2n) is 5.80. The first-order chi connectivity index (χ1) is 10.8. The number of rotatable bonds is 0. The lowest BCUT2D eigenvalue weighted by atomic mass is 9.96. The van der Waals surface area contributed by atoms with Crippen molar-refractivity contribution in [1.82, 2.24) is 4.98 Å². The zero-order chi connectivity index (χ0) is 14.7. The van der Waals surface area contributed by atoms with E-state index in [1.165, 1.54) is 32.3 Å². The second kappa shape index (κ2) is 4.01. The topological polar surface area (TPSA) is 41.8 Å². The summed E-state index contributed by atoms with van der Waals surface area (Å²) in [7, 11) is 0. The van der Waals surface area contributed by atoms with E-state index in [0.717, 1.165) is 10.9 Å². The van der Waals surface area contributed by atoms with E-state index in [0.29, 0.717) is 5.82 Å². The Morgan fingerprint density at radius 2 is 1.23 bits per heavy atom. The molecule has 0 spiro atoms. The third kappa shape index (κ3) is 1.44. The maximum Gasteiger partial charge on any atom is 0.101 e. The fraction of sp³-hybridized carbons (Fsp3) is 0. The average Bonchev–Trinajstić information content (AvgIpc) is 2.94. The fourth-order valence-electron chi connectivity index (χ4n) is 3.53. The van der Waals surface area contributed by atoms with E-state index >= 15 is 0 Å². The molecule has 2 heteroatoms. The lowest BCUT2D eigenvalue weighted by Gasteiger charge is -2.08. The Labute approximate surface area is 127 Å². The van der Waals surface area contributed by atoms with Gasteiger partial charge >= 0.3 is 0 Å². The lowest BCUT2D eigenvalue weighted by Crippen LogP contribution is -1.83. The Kier molecular flexibility index (Phi) is 2.12. The first-order valence-corrected chi connectivity index (χ1v) is 7.43. The van der Waals surface area contributed by atoms with Gasteiger partial charge in [-0.3, -0.25) is 0 Å². The van der Waals surface area contributed by atoms with Gasteiger partial charge in [0.05, 0.1) is 5.52 Å². The molecule has 1 heterocycles. The van der Waals surface area contributed by atoms with Crippen molar-refractivity contribution in [1.29, 1.82) is 0 Å². The molecular formula is C20H14N2. The van der Waals surface area contributed by atoms with Gasteiger partial charge in [0.2, 0.25) is 0 Å². The number of aromatic amines is 1.